The van der Waals surface area contributed by atoms with Crippen LogP contribution in [-0.4, -0.2) is 17.7 Å². The number of aliphatic carboxylic acids is 1. The van der Waals surface area contributed by atoms with Gasteiger partial charge in [-0.1, -0.05) is 12.1 Å². The zero-order valence-corrected chi connectivity index (χ0v) is 13.4. The zero-order chi connectivity index (χ0) is 17.3. The van der Waals surface area contributed by atoms with Crippen LogP contribution in [0.5, 0.6) is 11.5 Å². The average Bonchev–Trinajstić information content (AvgIpc) is 2.88. The molecule has 2 aromatic rings. The molecular formula is C18H20N2O4. The molecule has 6 nitrogen and oxygen atoms in total. The summed E-state index contributed by atoms with van der Waals surface area (Å²) in [5.74, 6) is 0.380. The molecule has 1 heterocycles. The standard InChI is InChI=1S/C18H20N2O4/c1-10(14-4-2-12(19)7-16(14)20)24-13-3-5-15-11(6-18(21)22)9-23-17(15)8-13/h2-5,7-8,10-11H,6,9,19-20H2,1H3,(H,21,22)/t10?,11-/m1/s1. The number of benzene rings is 2. The number of carbonyl (C=O) groups is 1. The van der Waals surface area contributed by atoms with E-state index in [0.717, 1.165) is 11.1 Å². The molecule has 0 amide bonds. The lowest BCUT2D eigenvalue weighted by Gasteiger charge is -2.18. The second-order valence-corrected chi connectivity index (χ2v) is 5.95. The highest BCUT2D eigenvalue weighted by Gasteiger charge is 2.27. The molecule has 6 heteroatoms. The highest BCUT2D eigenvalue weighted by molar-refractivity contribution is 5.68. The molecule has 1 unspecified atom stereocenters. The number of fused-ring (bicyclic) bond motifs is 1. The van der Waals surface area contributed by atoms with Crippen molar-refractivity contribution in [2.75, 3.05) is 18.1 Å². The maximum absolute atomic E-state index is 10.9. The van der Waals surface area contributed by atoms with Gasteiger partial charge >= 0.3 is 5.97 Å². The second kappa shape index (κ2) is 6.31. The van der Waals surface area contributed by atoms with Crippen molar-refractivity contribution in [1.29, 1.82) is 0 Å². The third-order valence-corrected chi connectivity index (χ3v) is 4.15. The van der Waals surface area contributed by atoms with E-state index < -0.39 is 5.97 Å². The van der Waals surface area contributed by atoms with Gasteiger partial charge < -0.3 is 26.0 Å². The Labute approximate surface area is 140 Å². The number of carboxylic acids is 1. The van der Waals surface area contributed by atoms with Crippen LogP contribution in [0.15, 0.2) is 36.4 Å². The summed E-state index contributed by atoms with van der Waals surface area (Å²) in [5.41, 5.74) is 14.7. The smallest absolute Gasteiger partial charge is 0.304 e. The maximum Gasteiger partial charge on any atom is 0.304 e. The van der Waals surface area contributed by atoms with Crippen molar-refractivity contribution in [2.24, 2.45) is 0 Å². The van der Waals surface area contributed by atoms with Gasteiger partial charge in [0.15, 0.2) is 0 Å². The fourth-order valence-corrected chi connectivity index (χ4v) is 2.94. The van der Waals surface area contributed by atoms with Crippen molar-refractivity contribution in [2.45, 2.75) is 25.4 Å². The summed E-state index contributed by atoms with van der Waals surface area (Å²) in [6.45, 7) is 2.29. The highest BCUT2D eigenvalue weighted by Crippen LogP contribution is 2.39. The molecule has 2 atom stereocenters. The first-order valence-electron chi connectivity index (χ1n) is 7.74. The molecule has 1 aliphatic heterocycles. The zero-order valence-electron chi connectivity index (χ0n) is 13.4. The first-order chi connectivity index (χ1) is 11.4. The van der Waals surface area contributed by atoms with Gasteiger partial charge in [-0.05, 0) is 25.1 Å². The Morgan fingerprint density at radius 2 is 2.12 bits per heavy atom. The van der Waals surface area contributed by atoms with Crippen molar-refractivity contribution < 1.29 is 19.4 Å². The minimum atomic E-state index is -0.829. The van der Waals surface area contributed by atoms with Gasteiger partial charge in [-0.25, -0.2) is 0 Å². The molecule has 24 heavy (non-hydrogen) atoms. The third kappa shape index (κ3) is 3.22. The van der Waals surface area contributed by atoms with Crippen LogP contribution >= 0.6 is 0 Å². The molecule has 0 spiro atoms. The van der Waals surface area contributed by atoms with Gasteiger partial charge in [0.05, 0.1) is 13.0 Å². The van der Waals surface area contributed by atoms with Gasteiger partial charge in [0.2, 0.25) is 0 Å². The van der Waals surface area contributed by atoms with Crippen molar-refractivity contribution in [3.63, 3.8) is 0 Å². The molecule has 0 saturated heterocycles. The molecular weight excluding hydrogens is 308 g/mol. The highest BCUT2D eigenvalue weighted by atomic mass is 16.5. The fraction of sp³-hybridized carbons (Fsp3) is 0.278. The normalized spacial score (nSPS) is 17.0. The van der Waals surface area contributed by atoms with Crippen molar-refractivity contribution in [1.82, 2.24) is 0 Å². The molecule has 0 aromatic heterocycles. The van der Waals surface area contributed by atoms with E-state index >= 15 is 0 Å². The SMILES string of the molecule is CC(Oc1ccc2c(c1)OC[C@H]2CC(=O)O)c1ccc(N)cc1N. The summed E-state index contributed by atoms with van der Waals surface area (Å²) in [6, 6.07) is 10.8. The summed E-state index contributed by atoms with van der Waals surface area (Å²) in [7, 11) is 0. The molecule has 0 aliphatic carbocycles. The van der Waals surface area contributed by atoms with Crippen LogP contribution < -0.4 is 20.9 Å². The monoisotopic (exact) mass is 328 g/mol. The largest absolute Gasteiger partial charge is 0.492 e. The van der Waals surface area contributed by atoms with E-state index in [4.69, 9.17) is 26.0 Å². The van der Waals surface area contributed by atoms with Crippen LogP contribution in [-0.2, 0) is 4.79 Å². The van der Waals surface area contributed by atoms with Crippen LogP contribution in [0.1, 0.15) is 36.5 Å². The number of carboxylic acid groups (broad SMARTS) is 1. The number of rotatable bonds is 5. The average molecular weight is 328 g/mol. The fourth-order valence-electron chi connectivity index (χ4n) is 2.94. The number of nitrogens with two attached hydrogens (primary N) is 2. The van der Waals surface area contributed by atoms with E-state index in [-0.39, 0.29) is 18.4 Å². The summed E-state index contributed by atoms with van der Waals surface area (Å²) >= 11 is 0. The minimum absolute atomic E-state index is 0.0611. The summed E-state index contributed by atoms with van der Waals surface area (Å²) in [4.78, 5) is 10.9. The van der Waals surface area contributed by atoms with E-state index in [1.165, 1.54) is 0 Å². The van der Waals surface area contributed by atoms with Gasteiger partial charge in [-0.2, -0.15) is 0 Å². The topological polar surface area (TPSA) is 108 Å². The Kier molecular flexibility index (Phi) is 4.20. The number of ether oxygens (including phenoxy) is 2. The summed E-state index contributed by atoms with van der Waals surface area (Å²) < 4.78 is 11.5. The van der Waals surface area contributed by atoms with Crippen LogP contribution in [0.25, 0.3) is 0 Å². The van der Waals surface area contributed by atoms with E-state index in [1.807, 2.05) is 25.1 Å². The molecule has 5 N–H and O–H groups in total. The Bertz CT molecular complexity index is 776. The number of anilines is 2. The lowest BCUT2D eigenvalue weighted by molar-refractivity contribution is -0.137. The number of nitrogen functional groups attached to an aromatic ring is 2. The number of hydrogen-bond donors (Lipinski definition) is 3. The van der Waals surface area contributed by atoms with E-state index in [1.54, 1.807) is 18.2 Å². The van der Waals surface area contributed by atoms with E-state index in [2.05, 4.69) is 0 Å². The molecule has 3 rings (SSSR count). The summed E-state index contributed by atoms with van der Waals surface area (Å²) in [6.07, 6.45) is -0.189. The predicted molar refractivity (Wildman–Crippen MR) is 91.2 cm³/mol. The Morgan fingerprint density at radius 1 is 1.33 bits per heavy atom. The minimum Gasteiger partial charge on any atom is -0.492 e. The second-order valence-electron chi connectivity index (χ2n) is 5.95. The van der Waals surface area contributed by atoms with Gasteiger partial charge in [-0.15, -0.1) is 0 Å². The lowest BCUT2D eigenvalue weighted by atomic mass is 9.98. The van der Waals surface area contributed by atoms with E-state index in [9.17, 15) is 4.79 Å². The quantitative estimate of drug-likeness (QED) is 0.728. The predicted octanol–water partition coefficient (Wildman–Crippen LogP) is 2.94. The molecule has 0 radical (unpaired) electrons. The van der Waals surface area contributed by atoms with Crippen LogP contribution in [0.4, 0.5) is 11.4 Å². The maximum atomic E-state index is 10.9. The lowest BCUT2D eigenvalue weighted by Crippen LogP contribution is -2.07. The van der Waals surface area contributed by atoms with Gasteiger partial charge in [-0.3, -0.25) is 4.79 Å². The molecule has 0 saturated carbocycles. The van der Waals surface area contributed by atoms with Crippen LogP contribution in [0, 0.1) is 0 Å². The first-order valence-corrected chi connectivity index (χ1v) is 7.74. The van der Waals surface area contributed by atoms with Crippen LogP contribution in [0.3, 0.4) is 0 Å². The molecule has 0 fully saturated rings. The van der Waals surface area contributed by atoms with Gasteiger partial charge in [0.25, 0.3) is 0 Å². The number of hydrogen-bond acceptors (Lipinski definition) is 5. The third-order valence-electron chi connectivity index (χ3n) is 4.15. The van der Waals surface area contributed by atoms with Crippen molar-refractivity contribution >= 4 is 17.3 Å². The molecule has 2 aromatic carbocycles. The van der Waals surface area contributed by atoms with Gasteiger partial charge in [0, 0.05) is 34.5 Å². The Morgan fingerprint density at radius 3 is 2.83 bits per heavy atom. The van der Waals surface area contributed by atoms with Crippen LogP contribution in [0.2, 0.25) is 0 Å². The van der Waals surface area contributed by atoms with Crippen molar-refractivity contribution in [3.05, 3.63) is 47.5 Å². The van der Waals surface area contributed by atoms with Crippen molar-refractivity contribution in [3.8, 4) is 11.5 Å². The molecule has 0 bridgehead atoms. The Hall–Kier alpha value is -2.89. The molecule has 1 aliphatic rings. The molecule has 126 valence electrons. The first kappa shape index (κ1) is 16.0. The van der Waals surface area contributed by atoms with E-state index in [0.29, 0.717) is 29.5 Å². The van der Waals surface area contributed by atoms with Gasteiger partial charge in [0.1, 0.15) is 17.6 Å². The summed E-state index contributed by atoms with van der Waals surface area (Å²) in [5, 5.41) is 8.94. The Balaban J connectivity index is 1.76.